The van der Waals surface area contributed by atoms with Gasteiger partial charge in [-0.1, -0.05) is 24.3 Å². The van der Waals surface area contributed by atoms with Crippen LogP contribution in [0.3, 0.4) is 0 Å². The summed E-state index contributed by atoms with van der Waals surface area (Å²) in [6, 6.07) is 12.6. The number of rotatable bonds is 5. The molecule has 0 saturated carbocycles. The average Bonchev–Trinajstić information content (AvgIpc) is 2.67. The highest BCUT2D eigenvalue weighted by Gasteiger charge is 2.31. The molecule has 0 aromatic heterocycles. The minimum absolute atomic E-state index is 0.0907. The molecular weight excluding hydrogens is 314 g/mol. The molecule has 0 spiro atoms. The van der Waals surface area contributed by atoms with Gasteiger partial charge in [0.05, 0.1) is 13.5 Å². The molecule has 2 bridgehead atoms. The number of hydrogen-bond acceptors (Lipinski definition) is 4. The minimum atomic E-state index is 0.0907. The van der Waals surface area contributed by atoms with E-state index in [-0.39, 0.29) is 5.91 Å². The lowest BCUT2D eigenvalue weighted by molar-refractivity contribution is -0.121. The second-order valence-corrected chi connectivity index (χ2v) is 6.98. The zero-order valence-corrected chi connectivity index (χ0v) is 14.7. The van der Waals surface area contributed by atoms with Crippen LogP contribution in [0.4, 0.5) is 0 Å². The van der Waals surface area contributed by atoms with Crippen molar-refractivity contribution in [3.63, 3.8) is 0 Å². The van der Waals surface area contributed by atoms with E-state index in [1.165, 1.54) is 13.1 Å². The number of methoxy groups -OCH3 is 1. The fourth-order valence-corrected chi connectivity index (χ4v) is 3.98. The topological polar surface area (TPSA) is 44.8 Å². The molecule has 3 aliphatic rings. The van der Waals surface area contributed by atoms with Crippen LogP contribution in [0.5, 0.6) is 5.75 Å². The van der Waals surface area contributed by atoms with Crippen molar-refractivity contribution in [3.8, 4) is 5.75 Å². The highest BCUT2D eigenvalue weighted by molar-refractivity contribution is 5.91. The Morgan fingerprint density at radius 1 is 1.20 bits per heavy atom. The van der Waals surface area contributed by atoms with E-state index >= 15 is 0 Å². The molecule has 1 atom stereocenters. The molecule has 5 heteroatoms. The lowest BCUT2D eigenvalue weighted by atomic mass is 10.0. The molecule has 2 aromatic carbocycles. The van der Waals surface area contributed by atoms with Crippen molar-refractivity contribution >= 4 is 16.7 Å². The molecule has 0 unspecified atom stereocenters. The molecule has 132 valence electrons. The molecule has 3 aliphatic heterocycles. The Kier molecular flexibility index (Phi) is 4.59. The maximum Gasteiger partial charge on any atom is 0.224 e. The van der Waals surface area contributed by atoms with Gasteiger partial charge >= 0.3 is 0 Å². The maximum atomic E-state index is 12.5. The number of amides is 1. The Bertz CT molecular complexity index is 769. The number of hydrogen-bond donors (Lipinski definition) is 1. The van der Waals surface area contributed by atoms with Gasteiger partial charge in [0.25, 0.3) is 0 Å². The third kappa shape index (κ3) is 3.48. The van der Waals surface area contributed by atoms with Gasteiger partial charge in [-0.25, -0.2) is 0 Å². The Morgan fingerprint density at radius 2 is 2.04 bits per heavy atom. The monoisotopic (exact) mass is 339 g/mol. The molecule has 0 radical (unpaired) electrons. The first-order valence-corrected chi connectivity index (χ1v) is 9.02. The summed E-state index contributed by atoms with van der Waals surface area (Å²) in [7, 11) is 1.67. The number of fused-ring (bicyclic) bond motifs is 4. The van der Waals surface area contributed by atoms with Crippen LogP contribution in [0.2, 0.25) is 0 Å². The molecule has 5 nitrogen and oxygen atoms in total. The van der Waals surface area contributed by atoms with Crippen molar-refractivity contribution in [3.05, 3.63) is 42.0 Å². The van der Waals surface area contributed by atoms with E-state index in [1.54, 1.807) is 7.11 Å². The minimum Gasteiger partial charge on any atom is -0.497 e. The summed E-state index contributed by atoms with van der Waals surface area (Å²) in [5.41, 5.74) is 1.04. The molecule has 3 saturated heterocycles. The van der Waals surface area contributed by atoms with Crippen LogP contribution in [-0.2, 0) is 11.2 Å². The third-order valence-electron chi connectivity index (χ3n) is 5.46. The van der Waals surface area contributed by atoms with E-state index in [4.69, 9.17) is 4.74 Å². The number of benzene rings is 2. The van der Waals surface area contributed by atoms with E-state index in [9.17, 15) is 4.79 Å². The Hall–Kier alpha value is -2.11. The predicted octanol–water partition coefficient (Wildman–Crippen LogP) is 1.51. The van der Waals surface area contributed by atoms with Crippen molar-refractivity contribution in [2.75, 3.05) is 46.4 Å². The molecule has 3 fully saturated rings. The number of ether oxygens (including phenoxy) is 1. The zero-order valence-electron chi connectivity index (χ0n) is 14.7. The molecule has 5 rings (SSSR count). The van der Waals surface area contributed by atoms with Crippen molar-refractivity contribution in [2.24, 2.45) is 0 Å². The van der Waals surface area contributed by atoms with Crippen LogP contribution < -0.4 is 10.1 Å². The molecule has 0 aliphatic carbocycles. The van der Waals surface area contributed by atoms with Crippen LogP contribution in [-0.4, -0.2) is 68.1 Å². The number of carbonyl (C=O) groups is 1. The first kappa shape index (κ1) is 16.4. The van der Waals surface area contributed by atoms with E-state index < -0.39 is 0 Å². The van der Waals surface area contributed by atoms with E-state index in [2.05, 4.69) is 21.2 Å². The molecular formula is C20H25N3O2. The normalized spacial score (nSPS) is 25.1. The van der Waals surface area contributed by atoms with Crippen LogP contribution in [0.1, 0.15) is 5.56 Å². The number of nitrogens with zero attached hydrogens (tertiary/aromatic N) is 2. The first-order valence-electron chi connectivity index (χ1n) is 9.02. The first-order chi connectivity index (χ1) is 12.2. The Labute approximate surface area is 148 Å². The molecule has 25 heavy (non-hydrogen) atoms. The van der Waals surface area contributed by atoms with Crippen LogP contribution in [0, 0.1) is 0 Å². The Balaban J connectivity index is 1.41. The van der Waals surface area contributed by atoms with E-state index in [1.807, 2.05) is 30.3 Å². The van der Waals surface area contributed by atoms with Crippen molar-refractivity contribution in [2.45, 2.75) is 12.5 Å². The number of nitrogens with one attached hydrogen (secondary N) is 1. The quantitative estimate of drug-likeness (QED) is 0.897. The highest BCUT2D eigenvalue weighted by Crippen LogP contribution is 2.24. The van der Waals surface area contributed by atoms with Gasteiger partial charge in [0.15, 0.2) is 0 Å². The maximum absolute atomic E-state index is 12.5. The summed E-state index contributed by atoms with van der Waals surface area (Å²) >= 11 is 0. The number of carbonyl (C=O) groups excluding carboxylic acids is 1. The number of piperazine rings is 3. The molecule has 1 N–H and O–H groups in total. The van der Waals surface area contributed by atoms with Gasteiger partial charge in [-0.15, -0.1) is 0 Å². The zero-order chi connectivity index (χ0) is 17.2. The van der Waals surface area contributed by atoms with Gasteiger partial charge in [0.2, 0.25) is 5.91 Å². The van der Waals surface area contributed by atoms with Gasteiger partial charge in [0.1, 0.15) is 5.75 Å². The third-order valence-corrected chi connectivity index (χ3v) is 5.46. The smallest absolute Gasteiger partial charge is 0.224 e. The summed E-state index contributed by atoms with van der Waals surface area (Å²) in [5, 5.41) is 5.36. The average molecular weight is 339 g/mol. The molecule has 1 amide bonds. The summed E-state index contributed by atoms with van der Waals surface area (Å²) < 4.78 is 5.33. The Morgan fingerprint density at radius 3 is 2.76 bits per heavy atom. The second kappa shape index (κ2) is 7.02. The lowest BCUT2D eigenvalue weighted by Crippen LogP contribution is -2.63. The van der Waals surface area contributed by atoms with Crippen LogP contribution >= 0.6 is 0 Å². The highest BCUT2D eigenvalue weighted by atomic mass is 16.5. The van der Waals surface area contributed by atoms with E-state index in [0.29, 0.717) is 12.5 Å². The summed E-state index contributed by atoms with van der Waals surface area (Å²) in [4.78, 5) is 17.5. The fraction of sp³-hybridized carbons (Fsp3) is 0.450. The van der Waals surface area contributed by atoms with Gasteiger partial charge in [-0.05, 0) is 28.5 Å². The van der Waals surface area contributed by atoms with Gasteiger partial charge in [0, 0.05) is 45.3 Å². The second-order valence-electron chi connectivity index (χ2n) is 6.98. The molecule has 3 heterocycles. The summed E-state index contributed by atoms with van der Waals surface area (Å²) in [6.07, 6.45) is 0.404. The fourth-order valence-electron chi connectivity index (χ4n) is 3.98. The SMILES string of the molecule is COc1ccc2cccc(CC(=O)NC[C@H]3CN4CCN3CC4)c2c1. The molecule has 2 aromatic rings. The van der Waals surface area contributed by atoms with Crippen LogP contribution in [0.15, 0.2) is 36.4 Å². The predicted molar refractivity (Wildman–Crippen MR) is 99.0 cm³/mol. The largest absolute Gasteiger partial charge is 0.497 e. The van der Waals surface area contributed by atoms with Crippen LogP contribution in [0.25, 0.3) is 10.8 Å². The lowest BCUT2D eigenvalue weighted by Gasteiger charge is -2.47. The van der Waals surface area contributed by atoms with Crippen molar-refractivity contribution < 1.29 is 9.53 Å². The van der Waals surface area contributed by atoms with Gasteiger partial charge in [-0.3, -0.25) is 14.6 Å². The van der Waals surface area contributed by atoms with E-state index in [0.717, 1.165) is 48.3 Å². The van der Waals surface area contributed by atoms with Crippen molar-refractivity contribution in [1.29, 1.82) is 0 Å². The van der Waals surface area contributed by atoms with Gasteiger partial charge < -0.3 is 10.1 Å². The summed E-state index contributed by atoms with van der Waals surface area (Å²) in [5.74, 6) is 0.911. The van der Waals surface area contributed by atoms with Crippen molar-refractivity contribution in [1.82, 2.24) is 15.1 Å². The van der Waals surface area contributed by atoms with Gasteiger partial charge in [-0.2, -0.15) is 0 Å². The summed E-state index contributed by atoms with van der Waals surface area (Å²) in [6.45, 7) is 6.41. The standard InChI is InChI=1S/C20H25N3O2/c1-25-18-6-5-15-3-2-4-16(19(15)12-18)11-20(24)21-13-17-14-22-7-9-23(17)10-8-22/h2-6,12,17H,7-11,13-14H2,1H3,(H,21,24)/t17-/m0/s1.